The Balaban J connectivity index is 2.04. The summed E-state index contributed by atoms with van der Waals surface area (Å²) in [6.07, 6.45) is 3.84. The molecule has 1 aliphatic carbocycles. The zero-order chi connectivity index (χ0) is 12.6. The molecule has 2 aliphatic rings. The van der Waals surface area contributed by atoms with Gasteiger partial charge in [0.1, 0.15) is 0 Å². The van der Waals surface area contributed by atoms with Gasteiger partial charge in [-0.2, -0.15) is 0 Å². The predicted octanol–water partition coefficient (Wildman–Crippen LogP) is 0.658. The van der Waals surface area contributed by atoms with E-state index in [0.717, 1.165) is 18.9 Å². The number of hydrogen-bond acceptors (Lipinski definition) is 3. The zero-order valence-electron chi connectivity index (χ0n) is 9.63. The molecule has 0 aromatic rings. The second-order valence-corrected chi connectivity index (χ2v) is 4.82. The molecule has 0 bridgehead atoms. The second kappa shape index (κ2) is 4.31. The maximum atomic E-state index is 11.9. The maximum absolute atomic E-state index is 11.9. The molecular weight excluding hydrogens is 222 g/mol. The van der Waals surface area contributed by atoms with Crippen molar-refractivity contribution in [1.29, 1.82) is 0 Å². The van der Waals surface area contributed by atoms with Crippen molar-refractivity contribution in [3.05, 3.63) is 12.2 Å². The average molecular weight is 237 g/mol. The molecule has 2 fully saturated rings. The monoisotopic (exact) mass is 237 g/mol. The third kappa shape index (κ3) is 2.09. The first kappa shape index (κ1) is 11.8. The van der Waals surface area contributed by atoms with Crippen LogP contribution in [-0.4, -0.2) is 34.3 Å². The standard InChI is InChI=1S/C12H15NO4/c1-7-5-8-9(6-7)12(17)13(11(8)16)4-2-3-10(14)15/h2-3,7-9H,4-6H2,1H3,(H,14,15)/b3-2+. The van der Waals surface area contributed by atoms with Gasteiger partial charge in [-0.1, -0.05) is 13.0 Å². The molecule has 1 aliphatic heterocycles. The average Bonchev–Trinajstić information content (AvgIpc) is 2.72. The van der Waals surface area contributed by atoms with Crippen molar-refractivity contribution in [2.24, 2.45) is 17.8 Å². The number of hydrogen-bond donors (Lipinski definition) is 1. The Bertz CT molecular complexity index is 377. The molecule has 0 radical (unpaired) electrons. The van der Waals surface area contributed by atoms with Gasteiger partial charge in [0, 0.05) is 12.6 Å². The topological polar surface area (TPSA) is 74.7 Å². The molecule has 2 atom stereocenters. The Hall–Kier alpha value is -1.65. The van der Waals surface area contributed by atoms with Crippen molar-refractivity contribution in [1.82, 2.24) is 4.90 Å². The van der Waals surface area contributed by atoms with E-state index in [0.29, 0.717) is 5.92 Å². The van der Waals surface area contributed by atoms with Gasteiger partial charge in [0.15, 0.2) is 0 Å². The molecule has 2 amide bonds. The highest BCUT2D eigenvalue weighted by Gasteiger charge is 2.51. The van der Waals surface area contributed by atoms with Crippen LogP contribution in [0.3, 0.4) is 0 Å². The Morgan fingerprint density at radius 3 is 2.35 bits per heavy atom. The number of nitrogens with zero attached hydrogens (tertiary/aromatic N) is 1. The summed E-state index contributed by atoms with van der Waals surface area (Å²) in [5.74, 6) is -1.27. The van der Waals surface area contributed by atoms with Gasteiger partial charge in [-0.3, -0.25) is 14.5 Å². The number of carboxylic acids is 1. The van der Waals surface area contributed by atoms with Gasteiger partial charge >= 0.3 is 5.97 Å². The van der Waals surface area contributed by atoms with Crippen LogP contribution >= 0.6 is 0 Å². The highest BCUT2D eigenvalue weighted by atomic mass is 16.4. The van der Waals surface area contributed by atoms with Crippen LogP contribution < -0.4 is 0 Å². The number of carboxylic acid groups (broad SMARTS) is 1. The normalized spacial score (nSPS) is 32.5. The van der Waals surface area contributed by atoms with Gasteiger partial charge in [0.05, 0.1) is 11.8 Å². The van der Waals surface area contributed by atoms with Crippen molar-refractivity contribution >= 4 is 17.8 Å². The molecule has 1 saturated heterocycles. The van der Waals surface area contributed by atoms with Gasteiger partial charge < -0.3 is 5.11 Å². The van der Waals surface area contributed by atoms with Crippen molar-refractivity contribution in [2.75, 3.05) is 6.54 Å². The summed E-state index contributed by atoms with van der Waals surface area (Å²) in [5.41, 5.74) is 0. The van der Waals surface area contributed by atoms with E-state index in [1.165, 1.54) is 11.0 Å². The molecular formula is C12H15NO4. The van der Waals surface area contributed by atoms with Crippen LogP contribution in [-0.2, 0) is 14.4 Å². The number of amides is 2. The summed E-state index contributed by atoms with van der Waals surface area (Å²) in [6.45, 7) is 2.12. The smallest absolute Gasteiger partial charge is 0.328 e. The van der Waals surface area contributed by atoms with Crippen molar-refractivity contribution in [3.63, 3.8) is 0 Å². The van der Waals surface area contributed by atoms with Gasteiger partial charge in [-0.15, -0.1) is 0 Å². The molecule has 17 heavy (non-hydrogen) atoms. The quantitative estimate of drug-likeness (QED) is 0.578. The molecule has 5 heteroatoms. The fourth-order valence-corrected chi connectivity index (χ4v) is 2.79. The third-order valence-corrected chi connectivity index (χ3v) is 3.51. The minimum Gasteiger partial charge on any atom is -0.478 e. The van der Waals surface area contributed by atoms with Crippen LogP contribution in [0.1, 0.15) is 19.8 Å². The first-order valence-electron chi connectivity index (χ1n) is 5.75. The molecule has 1 saturated carbocycles. The molecule has 0 spiro atoms. The summed E-state index contributed by atoms with van der Waals surface area (Å²) >= 11 is 0. The summed E-state index contributed by atoms with van der Waals surface area (Å²) < 4.78 is 0. The molecule has 5 nitrogen and oxygen atoms in total. The summed E-state index contributed by atoms with van der Waals surface area (Å²) in [4.78, 5) is 35.4. The fraction of sp³-hybridized carbons (Fsp3) is 0.583. The van der Waals surface area contributed by atoms with Crippen molar-refractivity contribution in [3.8, 4) is 0 Å². The van der Waals surface area contributed by atoms with E-state index in [9.17, 15) is 14.4 Å². The molecule has 2 rings (SSSR count). The van der Waals surface area contributed by atoms with Crippen LogP contribution in [0.15, 0.2) is 12.2 Å². The van der Waals surface area contributed by atoms with Gasteiger partial charge in [-0.05, 0) is 18.8 Å². The van der Waals surface area contributed by atoms with Crippen molar-refractivity contribution in [2.45, 2.75) is 19.8 Å². The van der Waals surface area contributed by atoms with E-state index < -0.39 is 5.97 Å². The van der Waals surface area contributed by atoms with Gasteiger partial charge in [0.2, 0.25) is 11.8 Å². The lowest BCUT2D eigenvalue weighted by atomic mass is 10.00. The second-order valence-electron chi connectivity index (χ2n) is 4.82. The number of aliphatic carboxylic acids is 1. The lowest BCUT2D eigenvalue weighted by Gasteiger charge is -2.14. The molecule has 2 unspecified atom stereocenters. The summed E-state index contributed by atoms with van der Waals surface area (Å²) in [6, 6.07) is 0. The van der Waals surface area contributed by atoms with Crippen LogP contribution in [0.2, 0.25) is 0 Å². The van der Waals surface area contributed by atoms with Crippen LogP contribution in [0.25, 0.3) is 0 Å². The highest BCUT2D eigenvalue weighted by Crippen LogP contribution is 2.42. The van der Waals surface area contributed by atoms with Crippen molar-refractivity contribution < 1.29 is 19.5 Å². The summed E-state index contributed by atoms with van der Waals surface area (Å²) in [5, 5.41) is 8.44. The fourth-order valence-electron chi connectivity index (χ4n) is 2.79. The van der Waals surface area contributed by atoms with Gasteiger partial charge in [0.25, 0.3) is 0 Å². The Kier molecular flexibility index (Phi) is 3.00. The molecule has 1 heterocycles. The number of imide groups is 1. The van der Waals surface area contributed by atoms with E-state index in [4.69, 9.17) is 5.11 Å². The SMILES string of the molecule is CC1CC2C(=O)N(C/C=C/C(=O)O)C(=O)C2C1. The zero-order valence-corrected chi connectivity index (χ0v) is 9.63. The van der Waals surface area contributed by atoms with Crippen LogP contribution in [0.4, 0.5) is 0 Å². The first-order chi connectivity index (χ1) is 8.00. The number of likely N-dealkylation sites (tertiary alicyclic amines) is 1. The highest BCUT2D eigenvalue weighted by molar-refractivity contribution is 6.05. The molecule has 92 valence electrons. The van der Waals surface area contributed by atoms with E-state index in [1.807, 2.05) is 6.92 Å². The maximum Gasteiger partial charge on any atom is 0.328 e. The largest absolute Gasteiger partial charge is 0.478 e. The van der Waals surface area contributed by atoms with Crippen LogP contribution in [0, 0.1) is 17.8 Å². The lowest BCUT2D eigenvalue weighted by Crippen LogP contribution is -2.32. The van der Waals surface area contributed by atoms with E-state index in [2.05, 4.69) is 0 Å². The number of carbonyl (C=O) groups is 3. The number of rotatable bonds is 3. The Morgan fingerprint density at radius 1 is 1.35 bits per heavy atom. The molecule has 0 aromatic heterocycles. The predicted molar refractivity (Wildman–Crippen MR) is 58.9 cm³/mol. The van der Waals surface area contributed by atoms with E-state index >= 15 is 0 Å². The Labute approximate surface area is 99.1 Å². The van der Waals surface area contributed by atoms with E-state index in [1.54, 1.807) is 0 Å². The first-order valence-corrected chi connectivity index (χ1v) is 5.75. The molecule has 0 aromatic carbocycles. The van der Waals surface area contributed by atoms with Gasteiger partial charge in [-0.25, -0.2) is 4.79 Å². The molecule has 1 N–H and O–H groups in total. The third-order valence-electron chi connectivity index (χ3n) is 3.51. The Morgan fingerprint density at radius 2 is 1.88 bits per heavy atom. The lowest BCUT2D eigenvalue weighted by molar-refractivity contribution is -0.140. The minimum absolute atomic E-state index is 0.0747. The number of carbonyl (C=O) groups excluding carboxylic acids is 2. The summed E-state index contributed by atoms with van der Waals surface area (Å²) in [7, 11) is 0. The minimum atomic E-state index is -1.07. The number of fused-ring (bicyclic) bond motifs is 1. The van der Waals surface area contributed by atoms with E-state index in [-0.39, 0.29) is 30.2 Å². The van der Waals surface area contributed by atoms with Crippen LogP contribution in [0.5, 0.6) is 0 Å².